The molecule has 0 aliphatic rings. The van der Waals surface area contributed by atoms with E-state index >= 15 is 0 Å². The van der Waals surface area contributed by atoms with Gasteiger partial charge >= 0.3 is 0 Å². The zero-order valence-corrected chi connectivity index (χ0v) is 6.86. The monoisotopic (exact) mass is 162 g/mol. The molecule has 0 atom stereocenters. The predicted molar refractivity (Wildman–Crippen MR) is 46.8 cm³/mol. The van der Waals surface area contributed by atoms with E-state index in [9.17, 15) is 0 Å². The minimum atomic E-state index is 0.532. The Labute approximate surface area is 70.0 Å². The molecule has 62 valence electrons. The van der Waals surface area contributed by atoms with Crippen molar-refractivity contribution in [2.24, 2.45) is 0 Å². The van der Waals surface area contributed by atoms with Crippen molar-refractivity contribution in [3.8, 4) is 0 Å². The van der Waals surface area contributed by atoms with Crippen LogP contribution in [0.4, 0.5) is 5.82 Å². The summed E-state index contributed by atoms with van der Waals surface area (Å²) in [6.45, 7) is 2.08. The molecule has 2 rings (SSSR count). The Bertz CT molecular complexity index is 404. The van der Waals surface area contributed by atoms with E-state index in [4.69, 9.17) is 5.73 Å². The van der Waals surface area contributed by atoms with E-state index in [2.05, 4.69) is 17.0 Å². The van der Waals surface area contributed by atoms with Crippen LogP contribution in [0.3, 0.4) is 0 Å². The number of fused-ring (bicyclic) bond motifs is 1. The van der Waals surface area contributed by atoms with Crippen LogP contribution in [0.5, 0.6) is 0 Å². The maximum absolute atomic E-state index is 5.65. The van der Waals surface area contributed by atoms with Crippen LogP contribution in [0.15, 0.2) is 18.5 Å². The summed E-state index contributed by atoms with van der Waals surface area (Å²) < 4.78 is 1.82. The fourth-order valence-corrected chi connectivity index (χ4v) is 1.27. The molecule has 4 heteroatoms. The van der Waals surface area contributed by atoms with Crippen LogP contribution in [0.1, 0.15) is 12.6 Å². The summed E-state index contributed by atoms with van der Waals surface area (Å²) in [6, 6.07) is 3.95. The summed E-state index contributed by atoms with van der Waals surface area (Å²) in [5.74, 6) is 0.532. The predicted octanol–water partition coefficient (Wildman–Crippen LogP) is 0.874. The number of nitrogens with zero attached hydrogens (tertiary/aromatic N) is 3. The van der Waals surface area contributed by atoms with Crippen LogP contribution >= 0.6 is 0 Å². The van der Waals surface area contributed by atoms with Gasteiger partial charge < -0.3 is 5.73 Å². The highest BCUT2D eigenvalue weighted by molar-refractivity contribution is 5.65. The zero-order valence-electron chi connectivity index (χ0n) is 6.86. The van der Waals surface area contributed by atoms with Crippen molar-refractivity contribution < 1.29 is 0 Å². The van der Waals surface area contributed by atoms with E-state index in [-0.39, 0.29) is 0 Å². The topological polar surface area (TPSA) is 56.2 Å². The fourth-order valence-electron chi connectivity index (χ4n) is 1.27. The molecular weight excluding hydrogens is 152 g/mol. The first kappa shape index (κ1) is 7.09. The standard InChI is InChI=1S/C8H10N4/c1-2-6-3-4-7-8(9)10-5-11-12(6)7/h3-5H,2H2,1H3,(H2,9,10,11). The molecule has 0 unspecified atom stereocenters. The number of anilines is 1. The number of aromatic nitrogens is 3. The van der Waals surface area contributed by atoms with Crippen LogP contribution in [0.2, 0.25) is 0 Å². The molecule has 0 amide bonds. The molecule has 0 aromatic carbocycles. The van der Waals surface area contributed by atoms with Gasteiger partial charge in [-0.15, -0.1) is 0 Å². The molecule has 0 aliphatic carbocycles. The third kappa shape index (κ3) is 0.845. The number of hydrogen-bond donors (Lipinski definition) is 1. The van der Waals surface area contributed by atoms with E-state index in [1.807, 2.05) is 16.6 Å². The smallest absolute Gasteiger partial charge is 0.151 e. The van der Waals surface area contributed by atoms with Crippen molar-refractivity contribution in [2.45, 2.75) is 13.3 Å². The lowest BCUT2D eigenvalue weighted by molar-refractivity contribution is 0.841. The Morgan fingerprint density at radius 2 is 2.33 bits per heavy atom. The van der Waals surface area contributed by atoms with Crippen molar-refractivity contribution in [1.29, 1.82) is 0 Å². The first-order valence-corrected chi connectivity index (χ1v) is 3.90. The minimum absolute atomic E-state index is 0.532. The average Bonchev–Trinajstić information content (AvgIpc) is 2.49. The Morgan fingerprint density at radius 3 is 3.08 bits per heavy atom. The number of rotatable bonds is 1. The van der Waals surface area contributed by atoms with Gasteiger partial charge in [-0.1, -0.05) is 6.92 Å². The van der Waals surface area contributed by atoms with Gasteiger partial charge in [0.15, 0.2) is 5.82 Å². The van der Waals surface area contributed by atoms with Gasteiger partial charge in [0.2, 0.25) is 0 Å². The summed E-state index contributed by atoms with van der Waals surface area (Å²) in [7, 11) is 0. The highest BCUT2D eigenvalue weighted by atomic mass is 15.2. The molecule has 2 heterocycles. The third-order valence-corrected chi connectivity index (χ3v) is 1.92. The number of nitrogens with two attached hydrogens (primary N) is 1. The quantitative estimate of drug-likeness (QED) is 0.677. The first-order valence-electron chi connectivity index (χ1n) is 3.90. The van der Waals surface area contributed by atoms with E-state index < -0.39 is 0 Å². The Morgan fingerprint density at radius 1 is 1.50 bits per heavy atom. The molecular formula is C8H10N4. The van der Waals surface area contributed by atoms with E-state index in [0.29, 0.717) is 5.82 Å². The van der Waals surface area contributed by atoms with Gasteiger partial charge in [-0.2, -0.15) is 5.10 Å². The Kier molecular flexibility index (Phi) is 1.46. The second kappa shape index (κ2) is 2.48. The molecule has 0 saturated carbocycles. The zero-order chi connectivity index (χ0) is 8.55. The van der Waals surface area contributed by atoms with Crippen molar-refractivity contribution in [1.82, 2.24) is 14.6 Å². The highest BCUT2D eigenvalue weighted by Crippen LogP contribution is 2.12. The van der Waals surface area contributed by atoms with Crippen molar-refractivity contribution in [3.05, 3.63) is 24.2 Å². The Hall–Kier alpha value is -1.58. The van der Waals surface area contributed by atoms with Crippen LogP contribution in [0.25, 0.3) is 5.52 Å². The number of aryl methyl sites for hydroxylation is 1. The molecule has 0 radical (unpaired) electrons. The normalized spacial score (nSPS) is 10.8. The Balaban J connectivity index is 2.80. The molecule has 0 bridgehead atoms. The second-order valence-electron chi connectivity index (χ2n) is 2.62. The van der Waals surface area contributed by atoms with Crippen LogP contribution in [-0.4, -0.2) is 14.6 Å². The second-order valence-corrected chi connectivity index (χ2v) is 2.62. The molecule has 2 N–H and O–H groups in total. The lowest BCUT2D eigenvalue weighted by Gasteiger charge is -1.98. The van der Waals surface area contributed by atoms with Gasteiger partial charge in [-0.25, -0.2) is 9.50 Å². The van der Waals surface area contributed by atoms with E-state index in [1.54, 1.807) is 0 Å². The lowest BCUT2D eigenvalue weighted by Crippen LogP contribution is -2.00. The summed E-state index contributed by atoms with van der Waals surface area (Å²) in [5.41, 5.74) is 7.69. The average molecular weight is 162 g/mol. The van der Waals surface area contributed by atoms with Gasteiger partial charge in [-0.05, 0) is 18.6 Å². The van der Waals surface area contributed by atoms with Crippen LogP contribution in [-0.2, 0) is 6.42 Å². The van der Waals surface area contributed by atoms with Crippen molar-refractivity contribution in [3.63, 3.8) is 0 Å². The minimum Gasteiger partial charge on any atom is -0.382 e. The summed E-state index contributed by atoms with van der Waals surface area (Å²) in [4.78, 5) is 3.90. The third-order valence-electron chi connectivity index (χ3n) is 1.92. The molecule has 0 aliphatic heterocycles. The van der Waals surface area contributed by atoms with Crippen LogP contribution in [0, 0.1) is 0 Å². The fraction of sp³-hybridized carbons (Fsp3) is 0.250. The molecule has 12 heavy (non-hydrogen) atoms. The molecule has 2 aromatic heterocycles. The van der Waals surface area contributed by atoms with Gasteiger partial charge in [0.05, 0.1) is 0 Å². The molecule has 2 aromatic rings. The summed E-state index contributed by atoms with van der Waals surface area (Å²) in [5, 5.41) is 4.10. The maximum Gasteiger partial charge on any atom is 0.151 e. The molecule has 4 nitrogen and oxygen atoms in total. The summed E-state index contributed by atoms with van der Waals surface area (Å²) >= 11 is 0. The van der Waals surface area contributed by atoms with Gasteiger partial charge in [0.25, 0.3) is 0 Å². The SMILES string of the molecule is CCc1ccc2c(N)ncnn12. The van der Waals surface area contributed by atoms with Gasteiger partial charge in [0.1, 0.15) is 11.8 Å². The van der Waals surface area contributed by atoms with Crippen molar-refractivity contribution in [2.75, 3.05) is 5.73 Å². The lowest BCUT2D eigenvalue weighted by atomic mass is 10.3. The largest absolute Gasteiger partial charge is 0.382 e. The molecule has 0 saturated heterocycles. The van der Waals surface area contributed by atoms with E-state index in [1.165, 1.54) is 6.33 Å². The highest BCUT2D eigenvalue weighted by Gasteiger charge is 2.02. The molecule has 0 spiro atoms. The maximum atomic E-state index is 5.65. The van der Waals surface area contributed by atoms with Crippen molar-refractivity contribution >= 4 is 11.3 Å². The van der Waals surface area contributed by atoms with Gasteiger partial charge in [0, 0.05) is 5.69 Å². The number of nitrogen functional groups attached to an aromatic ring is 1. The molecule has 0 fully saturated rings. The number of hydrogen-bond acceptors (Lipinski definition) is 3. The van der Waals surface area contributed by atoms with Gasteiger partial charge in [-0.3, -0.25) is 0 Å². The van der Waals surface area contributed by atoms with Crippen LogP contribution < -0.4 is 5.73 Å². The van der Waals surface area contributed by atoms with E-state index in [0.717, 1.165) is 17.6 Å². The summed E-state index contributed by atoms with van der Waals surface area (Å²) in [6.07, 6.45) is 2.42. The first-order chi connectivity index (χ1) is 5.83.